The first kappa shape index (κ1) is 16.9. The summed E-state index contributed by atoms with van der Waals surface area (Å²) in [6.07, 6.45) is 3.56. The van der Waals surface area contributed by atoms with Gasteiger partial charge in [0.25, 0.3) is 0 Å². The molecule has 0 saturated carbocycles. The van der Waals surface area contributed by atoms with Crippen LogP contribution in [-0.4, -0.2) is 44.2 Å². The maximum atomic E-state index is 12.3. The predicted octanol–water partition coefficient (Wildman–Crippen LogP) is 3.20. The first-order valence-corrected chi connectivity index (χ1v) is 8.42. The SMILES string of the molecule is COc1ccc(/C=C/NC(=O)N2CCN(c3ccccc3)CC2)cc1. The standard InChI is InChI=1S/C20H23N3O2/c1-25-19-9-7-17(8-10-19)11-12-21-20(24)23-15-13-22(14-16-23)18-5-3-2-4-6-18/h2-12H,13-16H2,1H3,(H,21,24)/b12-11+. The van der Waals surface area contributed by atoms with Gasteiger partial charge in [-0.2, -0.15) is 0 Å². The number of para-hydroxylation sites is 1. The van der Waals surface area contributed by atoms with Crippen LogP contribution in [0.2, 0.25) is 0 Å². The summed E-state index contributed by atoms with van der Waals surface area (Å²) in [5.41, 5.74) is 2.22. The zero-order valence-corrected chi connectivity index (χ0v) is 14.4. The molecule has 1 heterocycles. The van der Waals surface area contributed by atoms with Crippen LogP contribution in [0.15, 0.2) is 60.8 Å². The summed E-state index contributed by atoms with van der Waals surface area (Å²) in [5.74, 6) is 0.817. The summed E-state index contributed by atoms with van der Waals surface area (Å²) in [6, 6.07) is 17.9. The van der Waals surface area contributed by atoms with Crippen molar-refractivity contribution in [2.45, 2.75) is 0 Å². The molecule has 1 fully saturated rings. The van der Waals surface area contributed by atoms with Crippen LogP contribution in [0, 0.1) is 0 Å². The minimum Gasteiger partial charge on any atom is -0.497 e. The van der Waals surface area contributed by atoms with Crippen molar-refractivity contribution in [1.29, 1.82) is 0 Å². The highest BCUT2D eigenvalue weighted by Gasteiger charge is 2.20. The second kappa shape index (κ2) is 8.24. The second-order valence-corrected chi connectivity index (χ2v) is 5.87. The van der Waals surface area contributed by atoms with Crippen LogP contribution < -0.4 is 15.0 Å². The van der Waals surface area contributed by atoms with Crippen LogP contribution in [0.4, 0.5) is 10.5 Å². The van der Waals surface area contributed by atoms with Gasteiger partial charge in [-0.25, -0.2) is 4.79 Å². The fourth-order valence-corrected chi connectivity index (χ4v) is 2.82. The van der Waals surface area contributed by atoms with Gasteiger partial charge in [-0.05, 0) is 35.9 Å². The first-order valence-electron chi connectivity index (χ1n) is 8.42. The number of benzene rings is 2. The summed E-state index contributed by atoms with van der Waals surface area (Å²) in [4.78, 5) is 16.4. The summed E-state index contributed by atoms with van der Waals surface area (Å²) < 4.78 is 5.13. The Morgan fingerprint density at radius 2 is 1.68 bits per heavy atom. The van der Waals surface area contributed by atoms with Crippen LogP contribution in [0.3, 0.4) is 0 Å². The third-order valence-electron chi connectivity index (χ3n) is 4.29. The van der Waals surface area contributed by atoms with Crippen molar-refractivity contribution >= 4 is 17.8 Å². The third-order valence-corrected chi connectivity index (χ3v) is 4.29. The number of ether oxygens (including phenoxy) is 1. The number of hydrogen-bond donors (Lipinski definition) is 1. The Kier molecular flexibility index (Phi) is 5.57. The number of methoxy groups -OCH3 is 1. The molecule has 0 atom stereocenters. The third kappa shape index (κ3) is 4.53. The van der Waals surface area contributed by atoms with E-state index in [1.807, 2.05) is 53.4 Å². The van der Waals surface area contributed by atoms with Gasteiger partial charge in [-0.1, -0.05) is 30.3 Å². The van der Waals surface area contributed by atoms with Crippen molar-refractivity contribution in [3.63, 3.8) is 0 Å². The Labute approximate surface area is 148 Å². The van der Waals surface area contributed by atoms with E-state index in [1.165, 1.54) is 5.69 Å². The van der Waals surface area contributed by atoms with E-state index in [4.69, 9.17) is 4.74 Å². The van der Waals surface area contributed by atoms with E-state index >= 15 is 0 Å². The predicted molar refractivity (Wildman–Crippen MR) is 101 cm³/mol. The molecule has 0 radical (unpaired) electrons. The quantitative estimate of drug-likeness (QED) is 0.932. The highest BCUT2D eigenvalue weighted by Crippen LogP contribution is 2.15. The van der Waals surface area contributed by atoms with Gasteiger partial charge in [0, 0.05) is 38.1 Å². The van der Waals surface area contributed by atoms with Crippen molar-refractivity contribution in [3.05, 3.63) is 66.4 Å². The molecule has 3 rings (SSSR count). The molecule has 5 heteroatoms. The van der Waals surface area contributed by atoms with Gasteiger partial charge in [-0.3, -0.25) is 0 Å². The summed E-state index contributed by atoms with van der Waals surface area (Å²) >= 11 is 0. The van der Waals surface area contributed by atoms with E-state index in [0.717, 1.165) is 37.5 Å². The van der Waals surface area contributed by atoms with Crippen molar-refractivity contribution in [3.8, 4) is 5.75 Å². The number of rotatable bonds is 4. The number of amides is 2. The summed E-state index contributed by atoms with van der Waals surface area (Å²) in [7, 11) is 1.64. The Balaban J connectivity index is 1.47. The second-order valence-electron chi connectivity index (χ2n) is 5.87. The molecule has 130 valence electrons. The lowest BCUT2D eigenvalue weighted by Gasteiger charge is -2.35. The fourth-order valence-electron chi connectivity index (χ4n) is 2.82. The van der Waals surface area contributed by atoms with Crippen LogP contribution >= 0.6 is 0 Å². The lowest BCUT2D eigenvalue weighted by atomic mass is 10.2. The van der Waals surface area contributed by atoms with Gasteiger partial charge in [0.2, 0.25) is 0 Å². The van der Waals surface area contributed by atoms with E-state index < -0.39 is 0 Å². The molecule has 0 aromatic heterocycles. The lowest BCUT2D eigenvalue weighted by molar-refractivity contribution is 0.198. The molecular formula is C20H23N3O2. The van der Waals surface area contributed by atoms with E-state index in [2.05, 4.69) is 22.3 Å². The van der Waals surface area contributed by atoms with Gasteiger partial charge >= 0.3 is 6.03 Å². The molecule has 2 aromatic carbocycles. The molecule has 5 nitrogen and oxygen atoms in total. The van der Waals surface area contributed by atoms with E-state index in [-0.39, 0.29) is 6.03 Å². The zero-order valence-electron chi connectivity index (χ0n) is 14.4. The minimum absolute atomic E-state index is 0.0579. The molecule has 2 amide bonds. The Morgan fingerprint density at radius 3 is 2.32 bits per heavy atom. The number of urea groups is 1. The minimum atomic E-state index is -0.0579. The van der Waals surface area contributed by atoms with Gasteiger partial charge < -0.3 is 19.9 Å². The molecule has 1 saturated heterocycles. The first-order chi connectivity index (χ1) is 12.3. The monoisotopic (exact) mass is 337 g/mol. The average Bonchev–Trinajstić information content (AvgIpc) is 2.69. The molecule has 25 heavy (non-hydrogen) atoms. The number of hydrogen-bond acceptors (Lipinski definition) is 3. The van der Waals surface area contributed by atoms with Crippen LogP contribution in [0.25, 0.3) is 6.08 Å². The highest BCUT2D eigenvalue weighted by atomic mass is 16.5. The van der Waals surface area contributed by atoms with Crippen LogP contribution in [0.1, 0.15) is 5.56 Å². The van der Waals surface area contributed by atoms with Gasteiger partial charge in [0.1, 0.15) is 5.75 Å². The van der Waals surface area contributed by atoms with Crippen LogP contribution in [0.5, 0.6) is 5.75 Å². The molecular weight excluding hydrogens is 314 g/mol. The van der Waals surface area contributed by atoms with E-state index in [9.17, 15) is 4.79 Å². The van der Waals surface area contributed by atoms with Crippen molar-refractivity contribution < 1.29 is 9.53 Å². The summed E-state index contributed by atoms with van der Waals surface area (Å²) in [5, 5.41) is 2.84. The molecule has 1 aliphatic rings. The molecule has 0 aliphatic carbocycles. The molecule has 0 spiro atoms. The van der Waals surface area contributed by atoms with Crippen molar-refractivity contribution in [1.82, 2.24) is 10.2 Å². The van der Waals surface area contributed by atoms with Crippen molar-refractivity contribution in [2.75, 3.05) is 38.2 Å². The lowest BCUT2D eigenvalue weighted by Crippen LogP contribution is -2.51. The molecule has 0 bridgehead atoms. The number of nitrogens with zero attached hydrogens (tertiary/aromatic N) is 2. The average molecular weight is 337 g/mol. The molecule has 1 aliphatic heterocycles. The molecule has 2 aromatic rings. The topological polar surface area (TPSA) is 44.8 Å². The molecule has 1 N–H and O–H groups in total. The van der Waals surface area contributed by atoms with Gasteiger partial charge in [0.15, 0.2) is 0 Å². The van der Waals surface area contributed by atoms with Crippen LogP contribution in [-0.2, 0) is 0 Å². The van der Waals surface area contributed by atoms with Gasteiger partial charge in [-0.15, -0.1) is 0 Å². The number of anilines is 1. The van der Waals surface area contributed by atoms with E-state index in [1.54, 1.807) is 13.3 Å². The largest absolute Gasteiger partial charge is 0.497 e. The molecule has 0 unspecified atom stereocenters. The van der Waals surface area contributed by atoms with E-state index in [0.29, 0.717) is 0 Å². The highest BCUT2D eigenvalue weighted by molar-refractivity contribution is 5.76. The van der Waals surface area contributed by atoms with Crippen molar-refractivity contribution in [2.24, 2.45) is 0 Å². The maximum Gasteiger partial charge on any atom is 0.321 e. The maximum absolute atomic E-state index is 12.3. The Bertz CT molecular complexity index is 705. The van der Waals surface area contributed by atoms with Gasteiger partial charge in [0.05, 0.1) is 7.11 Å². The number of nitrogens with one attached hydrogen (secondary N) is 1. The normalized spacial score (nSPS) is 14.6. The summed E-state index contributed by atoms with van der Waals surface area (Å²) in [6.45, 7) is 3.13. The number of piperazine rings is 1. The Morgan fingerprint density at radius 1 is 1.00 bits per heavy atom. The zero-order chi connectivity index (χ0) is 17.5. The fraction of sp³-hybridized carbons (Fsp3) is 0.250. The number of carbonyl (C=O) groups is 1. The number of carbonyl (C=O) groups excluding carboxylic acids is 1. The smallest absolute Gasteiger partial charge is 0.321 e. The Hall–Kier alpha value is -2.95.